The molecule has 3 aliphatic rings. The van der Waals surface area contributed by atoms with Gasteiger partial charge >= 0.3 is 5.97 Å². The molecule has 3 aromatic carbocycles. The summed E-state index contributed by atoms with van der Waals surface area (Å²) >= 11 is 0. The lowest BCUT2D eigenvalue weighted by molar-refractivity contribution is -0.139. The Hall–Kier alpha value is -4.13. The molecule has 0 saturated heterocycles. The van der Waals surface area contributed by atoms with Crippen molar-refractivity contribution in [3.8, 4) is 22.6 Å². The van der Waals surface area contributed by atoms with Crippen LogP contribution < -0.4 is 9.47 Å². The third-order valence-electron chi connectivity index (χ3n) is 9.09. The Morgan fingerprint density at radius 1 is 1.02 bits per heavy atom. The summed E-state index contributed by atoms with van der Waals surface area (Å²) in [4.78, 5) is 26.3. The van der Waals surface area contributed by atoms with Crippen LogP contribution >= 0.6 is 0 Å². The first kappa shape index (κ1) is 27.1. The van der Waals surface area contributed by atoms with Gasteiger partial charge in [-0.05, 0) is 95.0 Å². The predicted octanol–water partition coefficient (Wildman–Crippen LogP) is 6.71. The van der Waals surface area contributed by atoms with Crippen LogP contribution in [0.4, 0.5) is 4.39 Å². The van der Waals surface area contributed by atoms with Crippen LogP contribution in [0, 0.1) is 17.2 Å². The lowest BCUT2D eigenvalue weighted by atomic mass is 9.79. The normalized spacial score (nSPS) is 22.4. The molecular weight excluding hydrogens is 521 g/mol. The number of hydrogen-bond donors (Lipinski definition) is 1. The second-order valence-electron chi connectivity index (χ2n) is 12.2. The Labute approximate surface area is 239 Å². The van der Waals surface area contributed by atoms with Gasteiger partial charge in [-0.3, -0.25) is 9.59 Å². The van der Waals surface area contributed by atoms with Crippen LogP contribution in [0.1, 0.15) is 60.2 Å². The SMILES string of the molecule is COc1ccc(F)c(-c2ccc(COc3ccc4c(c3)[C@@]3(C[C@H]3C(=O)O)CN(C)C4=O)cc2C2=CCCC2(C)C)c1. The van der Waals surface area contributed by atoms with Crippen molar-refractivity contribution in [3.05, 3.63) is 88.7 Å². The molecule has 3 aromatic rings. The zero-order valence-electron chi connectivity index (χ0n) is 23.8. The van der Waals surface area contributed by atoms with E-state index in [0.717, 1.165) is 35.1 Å². The van der Waals surface area contributed by atoms with Gasteiger partial charge < -0.3 is 19.5 Å². The molecule has 1 saturated carbocycles. The maximum absolute atomic E-state index is 15.1. The highest BCUT2D eigenvalue weighted by Crippen LogP contribution is 2.58. The third-order valence-corrected chi connectivity index (χ3v) is 9.09. The third kappa shape index (κ3) is 4.57. The van der Waals surface area contributed by atoms with Crippen LogP contribution in [0.15, 0.2) is 60.7 Å². The van der Waals surface area contributed by atoms with E-state index in [-0.39, 0.29) is 23.7 Å². The van der Waals surface area contributed by atoms with Gasteiger partial charge in [0.05, 0.1) is 13.0 Å². The molecule has 1 amide bonds. The van der Waals surface area contributed by atoms with E-state index in [4.69, 9.17) is 9.47 Å². The van der Waals surface area contributed by atoms with Gasteiger partial charge in [-0.1, -0.05) is 32.1 Å². The van der Waals surface area contributed by atoms with Crippen LogP contribution in [-0.2, 0) is 16.8 Å². The van der Waals surface area contributed by atoms with E-state index in [1.54, 1.807) is 43.3 Å². The van der Waals surface area contributed by atoms with Crippen molar-refractivity contribution in [2.75, 3.05) is 20.7 Å². The Morgan fingerprint density at radius 3 is 2.46 bits per heavy atom. The quantitative estimate of drug-likeness (QED) is 0.351. The molecule has 0 unspecified atom stereocenters. The Morgan fingerprint density at radius 2 is 1.78 bits per heavy atom. The smallest absolute Gasteiger partial charge is 0.307 e. The molecule has 212 valence electrons. The summed E-state index contributed by atoms with van der Waals surface area (Å²) in [6.07, 6.45) is 4.73. The number of carboxylic acids is 1. The number of amides is 1. The van der Waals surface area contributed by atoms with Gasteiger partial charge in [0.15, 0.2) is 0 Å². The first-order chi connectivity index (χ1) is 19.5. The largest absolute Gasteiger partial charge is 0.497 e. The zero-order valence-corrected chi connectivity index (χ0v) is 23.8. The number of aliphatic carboxylic acids is 1. The van der Waals surface area contributed by atoms with E-state index in [1.165, 1.54) is 11.6 Å². The van der Waals surface area contributed by atoms with E-state index in [0.29, 0.717) is 35.6 Å². The molecule has 7 heteroatoms. The molecule has 1 aliphatic heterocycles. The minimum atomic E-state index is -0.839. The fourth-order valence-electron chi connectivity index (χ4n) is 6.70. The molecule has 1 fully saturated rings. The average molecular weight is 556 g/mol. The van der Waals surface area contributed by atoms with Crippen molar-refractivity contribution in [1.82, 2.24) is 4.90 Å². The van der Waals surface area contributed by atoms with Gasteiger partial charge in [0.25, 0.3) is 5.91 Å². The zero-order chi connectivity index (χ0) is 29.1. The number of carbonyl (C=O) groups is 2. The number of rotatable bonds is 7. The minimum Gasteiger partial charge on any atom is -0.497 e. The highest BCUT2D eigenvalue weighted by molar-refractivity contribution is 5.99. The number of likely N-dealkylation sites (N-methyl/N-ethyl adjacent to an activating group) is 1. The molecule has 1 heterocycles. The van der Waals surface area contributed by atoms with E-state index in [9.17, 15) is 14.7 Å². The standard InChI is InChI=1S/C34H34FNO5/c1-33(2)13-5-6-27(33)25-14-20(7-10-23(25)26-15-21(40-4)9-12-30(26)35)18-41-22-8-11-24-28(16-22)34(17-29(34)32(38)39)19-36(3)31(24)37/h6-12,14-16,29H,5,13,17-19H2,1-4H3,(H,38,39)/t29-,34+/m0/s1. The van der Waals surface area contributed by atoms with Gasteiger partial charge in [-0.15, -0.1) is 0 Å². The molecule has 6 rings (SSSR count). The summed E-state index contributed by atoms with van der Waals surface area (Å²) in [7, 11) is 3.29. The number of fused-ring (bicyclic) bond motifs is 2. The summed E-state index contributed by atoms with van der Waals surface area (Å²) in [6.45, 7) is 5.08. The van der Waals surface area contributed by atoms with Crippen molar-refractivity contribution in [1.29, 1.82) is 0 Å². The van der Waals surface area contributed by atoms with Crippen LogP contribution in [0.3, 0.4) is 0 Å². The summed E-state index contributed by atoms with van der Waals surface area (Å²) in [5.41, 5.74) is 5.05. The van der Waals surface area contributed by atoms with Crippen molar-refractivity contribution in [2.24, 2.45) is 11.3 Å². The molecular formula is C34H34FNO5. The van der Waals surface area contributed by atoms with E-state index >= 15 is 4.39 Å². The highest BCUT2D eigenvalue weighted by atomic mass is 19.1. The number of carbonyl (C=O) groups excluding carboxylic acids is 1. The lowest BCUT2D eigenvalue weighted by Crippen LogP contribution is -2.42. The average Bonchev–Trinajstić information content (AvgIpc) is 3.57. The summed E-state index contributed by atoms with van der Waals surface area (Å²) in [6, 6.07) is 16.1. The fourth-order valence-corrected chi connectivity index (χ4v) is 6.70. The maximum atomic E-state index is 15.1. The van der Waals surface area contributed by atoms with Crippen molar-refractivity contribution in [2.45, 2.75) is 45.1 Å². The molecule has 6 nitrogen and oxygen atoms in total. The number of methoxy groups -OCH3 is 1. The molecule has 0 aromatic heterocycles. The predicted molar refractivity (Wildman–Crippen MR) is 155 cm³/mol. The van der Waals surface area contributed by atoms with Crippen molar-refractivity contribution in [3.63, 3.8) is 0 Å². The van der Waals surface area contributed by atoms with Crippen LogP contribution in [-0.4, -0.2) is 42.6 Å². The minimum absolute atomic E-state index is 0.0545. The molecule has 1 spiro atoms. The van der Waals surface area contributed by atoms with Crippen molar-refractivity contribution >= 4 is 17.4 Å². The number of hydrogen-bond acceptors (Lipinski definition) is 4. The number of halogens is 1. The number of nitrogens with zero attached hydrogens (tertiary/aromatic N) is 1. The number of ether oxygens (including phenoxy) is 2. The fraction of sp³-hybridized carbons (Fsp3) is 0.353. The Bertz CT molecular complexity index is 1610. The number of carboxylic acid groups (broad SMARTS) is 1. The first-order valence-electron chi connectivity index (χ1n) is 14.0. The summed E-state index contributed by atoms with van der Waals surface area (Å²) in [5, 5.41) is 9.70. The molecule has 1 N–H and O–H groups in total. The van der Waals surface area contributed by atoms with E-state index in [1.807, 2.05) is 18.2 Å². The van der Waals surface area contributed by atoms with Gasteiger partial charge in [-0.2, -0.15) is 0 Å². The Kier molecular flexibility index (Phi) is 6.44. The van der Waals surface area contributed by atoms with Crippen LogP contribution in [0.5, 0.6) is 11.5 Å². The topological polar surface area (TPSA) is 76.1 Å². The second kappa shape index (κ2) is 9.75. The number of allylic oxidation sites excluding steroid dienone is 2. The van der Waals surface area contributed by atoms with E-state index < -0.39 is 17.3 Å². The molecule has 41 heavy (non-hydrogen) atoms. The van der Waals surface area contributed by atoms with Crippen LogP contribution in [0.25, 0.3) is 16.7 Å². The summed E-state index contributed by atoms with van der Waals surface area (Å²) in [5.74, 6) is -0.589. The van der Waals surface area contributed by atoms with Gasteiger partial charge in [0, 0.05) is 30.1 Å². The molecule has 0 bridgehead atoms. The van der Waals surface area contributed by atoms with Gasteiger partial charge in [0.1, 0.15) is 23.9 Å². The monoisotopic (exact) mass is 555 g/mol. The summed E-state index contributed by atoms with van der Waals surface area (Å²) < 4.78 is 26.7. The Balaban J connectivity index is 1.33. The lowest BCUT2D eigenvalue weighted by Gasteiger charge is -2.33. The van der Waals surface area contributed by atoms with Crippen molar-refractivity contribution < 1.29 is 28.6 Å². The van der Waals surface area contributed by atoms with Crippen LogP contribution in [0.2, 0.25) is 0 Å². The maximum Gasteiger partial charge on any atom is 0.307 e. The van der Waals surface area contributed by atoms with Gasteiger partial charge in [-0.25, -0.2) is 4.39 Å². The molecule has 2 aliphatic carbocycles. The highest BCUT2D eigenvalue weighted by Gasteiger charge is 2.63. The van der Waals surface area contributed by atoms with Gasteiger partial charge in [0.2, 0.25) is 0 Å². The second-order valence-corrected chi connectivity index (χ2v) is 12.2. The number of benzene rings is 3. The molecule has 2 atom stereocenters. The first-order valence-corrected chi connectivity index (χ1v) is 14.0. The molecule has 0 radical (unpaired) electrons. The van der Waals surface area contributed by atoms with E-state index in [2.05, 4.69) is 26.0 Å².